The number of piperidine rings is 1. The van der Waals surface area contributed by atoms with Crippen LogP contribution in [-0.2, 0) is 20.9 Å². The number of hydrogen-bond donors (Lipinski definition) is 2. The average Bonchev–Trinajstić information content (AvgIpc) is 3.17. The van der Waals surface area contributed by atoms with Crippen LogP contribution in [0, 0.1) is 0 Å². The van der Waals surface area contributed by atoms with Gasteiger partial charge in [-0.05, 0) is 18.1 Å². The Bertz CT molecular complexity index is 910. The van der Waals surface area contributed by atoms with Crippen molar-refractivity contribution < 1.29 is 23.9 Å². The topological polar surface area (TPSA) is 108 Å². The number of amides is 4. The van der Waals surface area contributed by atoms with Gasteiger partial charge < -0.3 is 10.1 Å². The van der Waals surface area contributed by atoms with E-state index in [0.717, 1.165) is 30.1 Å². The molecule has 0 radical (unpaired) electrons. The summed E-state index contributed by atoms with van der Waals surface area (Å²) in [7, 11) is 0. The molecule has 0 bridgehead atoms. The van der Waals surface area contributed by atoms with Crippen molar-refractivity contribution in [2.45, 2.75) is 31.2 Å². The van der Waals surface area contributed by atoms with Crippen LogP contribution < -0.4 is 10.6 Å². The number of imide groups is 2. The second kappa shape index (κ2) is 6.20. The van der Waals surface area contributed by atoms with E-state index in [9.17, 15) is 19.2 Å². The Labute approximate surface area is 161 Å². The molecule has 4 aliphatic rings. The van der Waals surface area contributed by atoms with E-state index in [4.69, 9.17) is 4.74 Å². The van der Waals surface area contributed by atoms with Crippen molar-refractivity contribution in [3.05, 3.63) is 34.9 Å². The van der Waals surface area contributed by atoms with Gasteiger partial charge >= 0.3 is 0 Å². The smallest absolute Gasteiger partial charge is 0.262 e. The number of hydrogen-bond acceptors (Lipinski definition) is 7. The molecular weight excluding hydrogens is 364 g/mol. The van der Waals surface area contributed by atoms with Crippen LogP contribution >= 0.6 is 0 Å². The number of nitrogens with zero attached hydrogens (tertiary/aromatic N) is 2. The zero-order valence-electron chi connectivity index (χ0n) is 15.2. The minimum atomic E-state index is -0.949. The highest BCUT2D eigenvalue weighted by Crippen LogP contribution is 2.34. The molecule has 1 aromatic carbocycles. The molecule has 146 valence electrons. The molecule has 1 atom stereocenters. The molecule has 4 aliphatic heterocycles. The van der Waals surface area contributed by atoms with E-state index in [2.05, 4.69) is 15.5 Å². The maximum Gasteiger partial charge on any atom is 0.262 e. The Kier molecular flexibility index (Phi) is 3.87. The van der Waals surface area contributed by atoms with E-state index in [0.29, 0.717) is 24.3 Å². The first-order chi connectivity index (χ1) is 13.5. The SMILES string of the molecule is O=C1CCC(N2C(=O)c3cccc(CN4CCOC45CNC5)c3C2=O)C(=O)N1. The number of carbonyl (C=O) groups is 4. The standard InChI is InChI=1S/C19H20N4O5/c24-14-5-4-13(16(25)21-14)23-17(26)12-3-1-2-11(15(12)18(23)27)8-22-6-7-28-19(22)9-20-10-19/h1-3,13,20H,4-10H2,(H,21,24,25). The number of rotatable bonds is 3. The molecule has 3 fully saturated rings. The summed E-state index contributed by atoms with van der Waals surface area (Å²) in [4.78, 5) is 52.9. The van der Waals surface area contributed by atoms with Gasteiger partial charge in [-0.15, -0.1) is 0 Å². The van der Waals surface area contributed by atoms with Gasteiger partial charge in [-0.25, -0.2) is 0 Å². The van der Waals surface area contributed by atoms with Gasteiger partial charge in [0.15, 0.2) is 0 Å². The Hall–Kier alpha value is -2.62. The van der Waals surface area contributed by atoms with Crippen molar-refractivity contribution in [1.82, 2.24) is 20.4 Å². The molecule has 0 saturated carbocycles. The van der Waals surface area contributed by atoms with Gasteiger partial charge in [-0.2, -0.15) is 0 Å². The van der Waals surface area contributed by atoms with Gasteiger partial charge in [0.25, 0.3) is 11.8 Å². The number of ether oxygens (including phenoxy) is 1. The first-order valence-corrected chi connectivity index (χ1v) is 9.43. The van der Waals surface area contributed by atoms with Crippen molar-refractivity contribution in [2.24, 2.45) is 0 Å². The second-order valence-electron chi connectivity index (χ2n) is 7.61. The van der Waals surface area contributed by atoms with Gasteiger partial charge in [0.1, 0.15) is 11.8 Å². The van der Waals surface area contributed by atoms with Gasteiger partial charge in [0.05, 0.1) is 17.7 Å². The van der Waals surface area contributed by atoms with Crippen molar-refractivity contribution in [2.75, 3.05) is 26.2 Å². The quantitative estimate of drug-likeness (QED) is 0.658. The number of nitrogens with one attached hydrogen (secondary N) is 2. The molecule has 9 nitrogen and oxygen atoms in total. The molecule has 28 heavy (non-hydrogen) atoms. The fourth-order valence-electron chi connectivity index (χ4n) is 4.45. The van der Waals surface area contributed by atoms with Crippen molar-refractivity contribution in [1.29, 1.82) is 0 Å². The van der Waals surface area contributed by atoms with E-state index >= 15 is 0 Å². The predicted molar refractivity (Wildman–Crippen MR) is 95.1 cm³/mol. The molecule has 1 aromatic rings. The van der Waals surface area contributed by atoms with Crippen LogP contribution in [0.5, 0.6) is 0 Å². The molecule has 9 heteroatoms. The monoisotopic (exact) mass is 384 g/mol. The van der Waals surface area contributed by atoms with Gasteiger partial charge in [-0.1, -0.05) is 12.1 Å². The lowest BCUT2D eigenvalue weighted by molar-refractivity contribution is -0.136. The maximum absolute atomic E-state index is 13.2. The summed E-state index contributed by atoms with van der Waals surface area (Å²) in [5.41, 5.74) is 1.08. The third-order valence-electron chi connectivity index (χ3n) is 6.03. The molecule has 3 saturated heterocycles. The summed E-state index contributed by atoms with van der Waals surface area (Å²) in [5, 5.41) is 5.44. The first-order valence-electron chi connectivity index (χ1n) is 9.43. The summed E-state index contributed by atoms with van der Waals surface area (Å²) in [6.07, 6.45) is 0.261. The minimum Gasteiger partial charge on any atom is -0.356 e. The summed E-state index contributed by atoms with van der Waals surface area (Å²) in [6.45, 7) is 3.35. The van der Waals surface area contributed by atoms with Crippen molar-refractivity contribution >= 4 is 23.6 Å². The number of benzene rings is 1. The lowest BCUT2D eigenvalue weighted by atomic mass is 10.00. The third-order valence-corrected chi connectivity index (χ3v) is 6.03. The van der Waals surface area contributed by atoms with E-state index in [1.54, 1.807) is 12.1 Å². The zero-order valence-corrected chi connectivity index (χ0v) is 15.2. The normalized spacial score (nSPS) is 26.6. The van der Waals surface area contributed by atoms with Crippen LogP contribution in [-0.4, -0.2) is 71.4 Å². The van der Waals surface area contributed by atoms with E-state index < -0.39 is 23.8 Å². The summed E-state index contributed by atoms with van der Waals surface area (Å²) in [6, 6.07) is 4.27. The second-order valence-corrected chi connectivity index (χ2v) is 7.61. The molecule has 2 N–H and O–H groups in total. The lowest BCUT2D eigenvalue weighted by Gasteiger charge is -2.44. The molecule has 0 aliphatic carbocycles. The number of carbonyl (C=O) groups excluding carboxylic acids is 4. The van der Waals surface area contributed by atoms with E-state index in [1.165, 1.54) is 0 Å². The summed E-state index contributed by atoms with van der Waals surface area (Å²) < 4.78 is 5.89. The molecule has 0 aromatic heterocycles. The van der Waals surface area contributed by atoms with Crippen molar-refractivity contribution in [3.8, 4) is 0 Å². The van der Waals surface area contributed by atoms with Crippen LogP contribution in [0.3, 0.4) is 0 Å². The molecular formula is C19H20N4O5. The molecule has 4 amide bonds. The fraction of sp³-hybridized carbons (Fsp3) is 0.474. The molecule has 5 rings (SSSR count). The van der Waals surface area contributed by atoms with Crippen LogP contribution in [0.2, 0.25) is 0 Å². The van der Waals surface area contributed by atoms with Gasteiger partial charge in [0, 0.05) is 32.6 Å². The molecule has 1 unspecified atom stereocenters. The lowest BCUT2D eigenvalue weighted by Crippen LogP contribution is -2.66. The van der Waals surface area contributed by atoms with Crippen molar-refractivity contribution in [3.63, 3.8) is 0 Å². The van der Waals surface area contributed by atoms with E-state index in [-0.39, 0.29) is 24.5 Å². The summed E-state index contributed by atoms with van der Waals surface area (Å²) in [5.74, 6) is -1.92. The highest BCUT2D eigenvalue weighted by molar-refractivity contribution is 6.24. The molecule has 4 heterocycles. The Balaban J connectivity index is 1.45. The van der Waals surface area contributed by atoms with Crippen LogP contribution in [0.4, 0.5) is 0 Å². The van der Waals surface area contributed by atoms with E-state index in [1.807, 2.05) is 6.07 Å². The maximum atomic E-state index is 13.2. The van der Waals surface area contributed by atoms with Crippen LogP contribution in [0.15, 0.2) is 18.2 Å². The Morgan fingerprint density at radius 2 is 1.96 bits per heavy atom. The molecule has 1 spiro atoms. The highest BCUT2D eigenvalue weighted by atomic mass is 16.5. The van der Waals surface area contributed by atoms with Crippen LogP contribution in [0.1, 0.15) is 39.1 Å². The summed E-state index contributed by atoms with van der Waals surface area (Å²) >= 11 is 0. The Morgan fingerprint density at radius 3 is 2.68 bits per heavy atom. The minimum absolute atomic E-state index is 0.108. The average molecular weight is 384 g/mol. The zero-order chi connectivity index (χ0) is 19.5. The van der Waals surface area contributed by atoms with Gasteiger partial charge in [-0.3, -0.25) is 34.3 Å². The number of fused-ring (bicyclic) bond motifs is 1. The highest BCUT2D eigenvalue weighted by Gasteiger charge is 2.49. The third kappa shape index (κ3) is 2.43. The Morgan fingerprint density at radius 1 is 1.14 bits per heavy atom. The first kappa shape index (κ1) is 17.5. The largest absolute Gasteiger partial charge is 0.356 e. The van der Waals surface area contributed by atoms with Crippen LogP contribution in [0.25, 0.3) is 0 Å². The van der Waals surface area contributed by atoms with Gasteiger partial charge in [0.2, 0.25) is 11.8 Å². The predicted octanol–water partition coefficient (Wildman–Crippen LogP) is -0.780. The fourth-order valence-corrected chi connectivity index (χ4v) is 4.45.